The molecule has 0 saturated carbocycles. The number of ether oxygens (including phenoxy) is 4. The summed E-state index contributed by atoms with van der Waals surface area (Å²) in [5.41, 5.74) is 1.47. The number of aromatic nitrogens is 2. The predicted molar refractivity (Wildman–Crippen MR) is 144 cm³/mol. The molecule has 1 aliphatic heterocycles. The molecule has 1 aromatic carbocycles. The summed E-state index contributed by atoms with van der Waals surface area (Å²) in [5.74, 6) is 1.80. The molecule has 0 radical (unpaired) electrons. The van der Waals surface area contributed by atoms with Crippen LogP contribution in [0.15, 0.2) is 28.4 Å². The van der Waals surface area contributed by atoms with Crippen LogP contribution in [-0.2, 0) is 16.0 Å². The Kier molecular flexibility index (Phi) is 9.89. The molecule has 4 rings (SSSR count). The quantitative estimate of drug-likeness (QED) is 0.342. The van der Waals surface area contributed by atoms with Gasteiger partial charge in [0.15, 0.2) is 11.5 Å². The van der Waals surface area contributed by atoms with Gasteiger partial charge in [-0.2, -0.15) is 0 Å². The Morgan fingerprint density at radius 2 is 2.03 bits per heavy atom. The number of aliphatic hydroxyl groups is 1. The average Bonchev–Trinajstić information content (AvgIpc) is 3.35. The summed E-state index contributed by atoms with van der Waals surface area (Å²) in [7, 11) is 3.18. The fourth-order valence-electron chi connectivity index (χ4n) is 4.44. The van der Waals surface area contributed by atoms with Gasteiger partial charge in [-0.25, -0.2) is 4.98 Å². The highest BCUT2D eigenvalue weighted by Crippen LogP contribution is 2.36. The molecule has 3 heterocycles. The van der Waals surface area contributed by atoms with Crippen molar-refractivity contribution < 1.29 is 24.1 Å². The normalized spacial score (nSPS) is 15.4. The Hall–Kier alpha value is -2.54. The fraction of sp³-hybridized carbons (Fsp3) is 0.538. The lowest BCUT2D eigenvalue weighted by Gasteiger charge is -2.30. The third-order valence-corrected chi connectivity index (χ3v) is 7.25. The van der Waals surface area contributed by atoms with Crippen LogP contribution in [0.4, 0.5) is 0 Å². The maximum absolute atomic E-state index is 13.2. The first kappa shape index (κ1) is 27.5. The first-order valence-corrected chi connectivity index (χ1v) is 13.4. The second kappa shape index (κ2) is 13.3. The van der Waals surface area contributed by atoms with Gasteiger partial charge < -0.3 is 29.0 Å². The van der Waals surface area contributed by atoms with Gasteiger partial charge in [0.25, 0.3) is 5.56 Å². The third kappa shape index (κ3) is 7.07. The van der Waals surface area contributed by atoms with Crippen molar-refractivity contribution in [3.8, 4) is 22.6 Å². The van der Waals surface area contributed by atoms with Gasteiger partial charge in [-0.1, -0.05) is 6.07 Å². The highest BCUT2D eigenvalue weighted by atomic mass is 32.1. The van der Waals surface area contributed by atoms with Crippen LogP contribution in [0.1, 0.15) is 12.7 Å². The van der Waals surface area contributed by atoms with Gasteiger partial charge in [-0.15, -0.1) is 11.3 Å². The number of nitrogens with one attached hydrogen (secondary N) is 1. The maximum Gasteiger partial charge on any atom is 0.260 e. The summed E-state index contributed by atoms with van der Waals surface area (Å²) < 4.78 is 21.6. The molecule has 1 unspecified atom stereocenters. The minimum atomic E-state index is -0.626. The van der Waals surface area contributed by atoms with Gasteiger partial charge in [-0.3, -0.25) is 14.6 Å². The molecule has 2 aromatic heterocycles. The van der Waals surface area contributed by atoms with Crippen LogP contribution in [0, 0.1) is 0 Å². The van der Waals surface area contributed by atoms with Crippen molar-refractivity contribution >= 4 is 21.6 Å². The van der Waals surface area contributed by atoms with Crippen molar-refractivity contribution in [2.45, 2.75) is 19.6 Å². The van der Waals surface area contributed by atoms with Crippen LogP contribution < -0.4 is 15.0 Å². The van der Waals surface area contributed by atoms with Crippen LogP contribution in [0.25, 0.3) is 21.3 Å². The number of H-pyrrole nitrogens is 1. The Balaban J connectivity index is 1.55. The van der Waals surface area contributed by atoms with Gasteiger partial charge in [-0.05, 0) is 24.6 Å². The molecule has 1 saturated heterocycles. The molecule has 11 heteroatoms. The highest BCUT2D eigenvalue weighted by Gasteiger charge is 2.19. The number of morpholine rings is 1. The van der Waals surface area contributed by atoms with Crippen LogP contribution in [-0.4, -0.2) is 104 Å². The molecule has 0 bridgehead atoms. The van der Waals surface area contributed by atoms with E-state index in [9.17, 15) is 9.90 Å². The standard InChI is InChI=1S/C26H36N4O6S/c1-4-35-16-19(31)14-30(8-7-29-9-11-36-12-10-29)15-23-27-25(32)24-20(17-37-26(24)28-23)18-5-6-21(33-2)22(13-18)34-3/h5-6,13,17,19,31H,4,7-12,14-16H2,1-3H3,(H,27,28,32). The first-order valence-electron chi connectivity index (χ1n) is 12.5. The number of nitrogens with zero attached hydrogens (tertiary/aromatic N) is 3. The van der Waals surface area contributed by atoms with E-state index in [0.717, 1.165) is 50.5 Å². The van der Waals surface area contributed by atoms with Crippen molar-refractivity contribution in [3.63, 3.8) is 0 Å². The minimum Gasteiger partial charge on any atom is -0.493 e. The van der Waals surface area contributed by atoms with Crippen LogP contribution >= 0.6 is 11.3 Å². The molecule has 1 atom stereocenters. The van der Waals surface area contributed by atoms with Crippen LogP contribution in [0.3, 0.4) is 0 Å². The number of aromatic amines is 1. The lowest BCUT2D eigenvalue weighted by atomic mass is 10.1. The number of methoxy groups -OCH3 is 2. The van der Waals surface area contributed by atoms with Gasteiger partial charge in [0, 0.05) is 50.3 Å². The van der Waals surface area contributed by atoms with Gasteiger partial charge in [0.1, 0.15) is 10.7 Å². The van der Waals surface area contributed by atoms with Crippen LogP contribution in [0.2, 0.25) is 0 Å². The number of thiophene rings is 1. The number of hydrogen-bond donors (Lipinski definition) is 2. The summed E-state index contributed by atoms with van der Waals surface area (Å²) in [4.78, 5) is 26.1. The molecule has 0 spiro atoms. The lowest BCUT2D eigenvalue weighted by Crippen LogP contribution is -2.43. The average molecular weight is 533 g/mol. The van der Waals surface area contributed by atoms with E-state index in [-0.39, 0.29) is 12.2 Å². The molecule has 37 heavy (non-hydrogen) atoms. The van der Waals surface area contributed by atoms with E-state index in [1.165, 1.54) is 11.3 Å². The largest absolute Gasteiger partial charge is 0.493 e. The van der Waals surface area contributed by atoms with Crippen LogP contribution in [0.5, 0.6) is 11.5 Å². The van der Waals surface area contributed by atoms with Crippen molar-refractivity contribution in [2.75, 3.05) is 73.4 Å². The fourth-order valence-corrected chi connectivity index (χ4v) is 5.41. The first-order chi connectivity index (χ1) is 18.0. The van der Waals surface area contributed by atoms with E-state index < -0.39 is 6.10 Å². The lowest BCUT2D eigenvalue weighted by molar-refractivity contribution is 0.00942. The number of rotatable bonds is 13. The van der Waals surface area contributed by atoms with E-state index in [2.05, 4.69) is 14.8 Å². The molecule has 0 aliphatic carbocycles. The monoisotopic (exact) mass is 532 g/mol. The Bertz CT molecular complexity index is 1210. The second-order valence-electron chi connectivity index (χ2n) is 8.91. The number of fused-ring (bicyclic) bond motifs is 1. The van der Waals surface area contributed by atoms with Gasteiger partial charge in [0.05, 0.1) is 52.1 Å². The summed E-state index contributed by atoms with van der Waals surface area (Å²) in [6.45, 7) is 8.41. The van der Waals surface area contributed by atoms with E-state index in [0.29, 0.717) is 47.2 Å². The van der Waals surface area contributed by atoms with Crippen molar-refractivity contribution in [1.82, 2.24) is 19.8 Å². The molecule has 202 valence electrons. The molecule has 3 aromatic rings. The molecule has 0 amide bonds. The third-order valence-electron chi connectivity index (χ3n) is 6.38. The van der Waals surface area contributed by atoms with E-state index >= 15 is 0 Å². The Morgan fingerprint density at radius 3 is 2.76 bits per heavy atom. The van der Waals surface area contributed by atoms with Crippen molar-refractivity contribution in [3.05, 3.63) is 39.8 Å². The maximum atomic E-state index is 13.2. The zero-order valence-corrected chi connectivity index (χ0v) is 22.5. The SMILES string of the molecule is CCOCC(O)CN(CCN1CCOCC1)Cc1nc2scc(-c3ccc(OC)c(OC)c3)c2c(=O)[nH]1. The van der Waals surface area contributed by atoms with Crippen molar-refractivity contribution in [2.24, 2.45) is 0 Å². The Morgan fingerprint density at radius 1 is 1.24 bits per heavy atom. The summed E-state index contributed by atoms with van der Waals surface area (Å²) in [6.07, 6.45) is -0.626. The zero-order chi connectivity index (χ0) is 26.2. The van der Waals surface area contributed by atoms with Gasteiger partial charge in [0.2, 0.25) is 0 Å². The molecule has 2 N–H and O–H groups in total. The predicted octanol–water partition coefficient (Wildman–Crippen LogP) is 2.20. The molecule has 10 nitrogen and oxygen atoms in total. The van der Waals surface area contributed by atoms with Crippen molar-refractivity contribution in [1.29, 1.82) is 0 Å². The summed E-state index contributed by atoms with van der Waals surface area (Å²) in [6, 6.07) is 5.59. The number of aliphatic hydroxyl groups excluding tert-OH is 1. The van der Waals surface area contributed by atoms with E-state index in [1.54, 1.807) is 14.2 Å². The second-order valence-corrected chi connectivity index (χ2v) is 9.77. The Labute approximate surface area is 220 Å². The summed E-state index contributed by atoms with van der Waals surface area (Å²) >= 11 is 1.44. The molecular formula is C26H36N4O6S. The highest BCUT2D eigenvalue weighted by molar-refractivity contribution is 7.17. The van der Waals surface area contributed by atoms with Gasteiger partial charge >= 0.3 is 0 Å². The smallest absolute Gasteiger partial charge is 0.260 e. The topological polar surface area (TPSA) is 109 Å². The molecule has 1 aliphatic rings. The molecular weight excluding hydrogens is 496 g/mol. The van der Waals surface area contributed by atoms with E-state index in [4.69, 9.17) is 23.9 Å². The zero-order valence-electron chi connectivity index (χ0n) is 21.7. The minimum absolute atomic E-state index is 0.186. The summed E-state index contributed by atoms with van der Waals surface area (Å²) in [5, 5.41) is 13.0. The molecule has 1 fully saturated rings. The van der Waals surface area contributed by atoms with E-state index in [1.807, 2.05) is 30.5 Å². The number of hydrogen-bond acceptors (Lipinski definition) is 10. The number of benzene rings is 1.